The molecule has 3 aliphatic carbocycles. The van der Waals surface area contributed by atoms with Crippen LogP contribution in [0.3, 0.4) is 0 Å². The topological polar surface area (TPSA) is 43.1 Å². The molecule has 0 unspecified atom stereocenters. The van der Waals surface area contributed by atoms with E-state index in [2.05, 4.69) is 48.5 Å². The second kappa shape index (κ2) is 4.29. The first kappa shape index (κ1) is 12.6. The largest absolute Gasteiger partial charge is 0.269 e. The minimum Gasteiger partial charge on any atom is -0.258 e. The van der Waals surface area contributed by atoms with Crippen molar-refractivity contribution in [3.8, 4) is 0 Å². The molecule has 0 aliphatic heterocycles. The number of rotatable bonds is 1. The van der Waals surface area contributed by atoms with Gasteiger partial charge in [-0.1, -0.05) is 54.6 Å². The van der Waals surface area contributed by atoms with Crippen molar-refractivity contribution in [1.82, 2.24) is 0 Å². The Kier molecular flexibility index (Phi) is 2.35. The zero-order valence-corrected chi connectivity index (χ0v) is 12.3. The summed E-state index contributed by atoms with van der Waals surface area (Å²) < 4.78 is 0. The monoisotopic (exact) mass is 299 g/mol. The molecule has 23 heavy (non-hydrogen) atoms. The molecule has 0 N–H and O–H groups in total. The highest BCUT2D eigenvalue weighted by Gasteiger charge is 2.41. The van der Waals surface area contributed by atoms with Crippen molar-refractivity contribution >= 4 is 5.69 Å². The molecular weight excluding hydrogens is 286 g/mol. The number of non-ortho nitro benzene ring substituents is 1. The fourth-order valence-corrected chi connectivity index (χ4v) is 4.27. The molecule has 0 heterocycles. The quantitative estimate of drug-likeness (QED) is 0.336. The summed E-state index contributed by atoms with van der Waals surface area (Å²) in [5.41, 5.74) is 7.69. The van der Waals surface area contributed by atoms with Crippen LogP contribution in [0.5, 0.6) is 0 Å². The van der Waals surface area contributed by atoms with E-state index in [4.69, 9.17) is 0 Å². The zero-order valence-electron chi connectivity index (χ0n) is 12.3. The van der Waals surface area contributed by atoms with Gasteiger partial charge >= 0.3 is 0 Å². The van der Waals surface area contributed by atoms with E-state index in [1.165, 1.54) is 27.8 Å². The average Bonchev–Trinajstić information content (AvgIpc) is 2.60. The van der Waals surface area contributed by atoms with Gasteiger partial charge in [-0.15, -0.1) is 0 Å². The number of nitrogens with zero attached hydrogens (tertiary/aromatic N) is 1. The minimum absolute atomic E-state index is 0.0994. The minimum atomic E-state index is -0.305. The molecule has 0 aromatic heterocycles. The summed E-state index contributed by atoms with van der Waals surface area (Å²) in [6.45, 7) is 0. The van der Waals surface area contributed by atoms with Gasteiger partial charge in [0.15, 0.2) is 0 Å². The van der Waals surface area contributed by atoms with Crippen molar-refractivity contribution in [2.75, 3.05) is 0 Å². The summed E-state index contributed by atoms with van der Waals surface area (Å²) in [6, 6.07) is 22.3. The molecule has 0 amide bonds. The molecule has 0 saturated heterocycles. The second-order valence-corrected chi connectivity index (χ2v) is 6.19. The van der Waals surface area contributed by atoms with Crippen molar-refractivity contribution in [2.45, 2.75) is 11.8 Å². The molecule has 0 spiro atoms. The first-order valence-electron chi connectivity index (χ1n) is 7.71. The SMILES string of the molecule is O=[N+]([O-])c1ccc2c(c1)C1c3ccccc3C2c2ccccc21. The Morgan fingerprint density at radius 3 is 1.57 bits per heavy atom. The lowest BCUT2D eigenvalue weighted by Crippen LogP contribution is -2.27. The number of hydrogen-bond donors (Lipinski definition) is 0. The summed E-state index contributed by atoms with van der Waals surface area (Å²) in [6.07, 6.45) is 0. The van der Waals surface area contributed by atoms with Crippen LogP contribution in [0.15, 0.2) is 66.7 Å². The second-order valence-electron chi connectivity index (χ2n) is 6.19. The van der Waals surface area contributed by atoms with E-state index < -0.39 is 0 Å². The highest BCUT2D eigenvalue weighted by molar-refractivity contribution is 5.68. The number of nitro groups is 1. The standard InChI is InChI=1S/C20H13NO2/c22-21(23)12-9-10-17-18(11-12)20-15-7-3-1-5-13(15)19(17)14-6-2-4-8-16(14)20/h1-11,19-20H. The lowest BCUT2D eigenvalue weighted by atomic mass is 9.61. The Morgan fingerprint density at radius 1 is 0.652 bits per heavy atom. The van der Waals surface area contributed by atoms with Gasteiger partial charge < -0.3 is 0 Å². The molecule has 110 valence electrons. The molecule has 3 aromatic carbocycles. The molecule has 3 aromatic rings. The Balaban J connectivity index is 1.86. The van der Waals surface area contributed by atoms with Gasteiger partial charge in [0.25, 0.3) is 5.69 Å². The van der Waals surface area contributed by atoms with E-state index in [0.717, 1.165) is 5.56 Å². The van der Waals surface area contributed by atoms with Crippen LogP contribution >= 0.6 is 0 Å². The third-order valence-corrected chi connectivity index (χ3v) is 5.14. The van der Waals surface area contributed by atoms with E-state index in [9.17, 15) is 10.1 Å². The molecule has 3 heteroatoms. The van der Waals surface area contributed by atoms with E-state index in [0.29, 0.717) is 0 Å². The Morgan fingerprint density at radius 2 is 1.09 bits per heavy atom. The Hall–Kier alpha value is -2.94. The van der Waals surface area contributed by atoms with Gasteiger partial charge in [0.2, 0.25) is 0 Å². The van der Waals surface area contributed by atoms with E-state index in [-0.39, 0.29) is 22.4 Å². The van der Waals surface area contributed by atoms with Crippen molar-refractivity contribution in [3.05, 3.63) is 110 Å². The normalized spacial score (nSPS) is 19.7. The summed E-state index contributed by atoms with van der Waals surface area (Å²) in [7, 11) is 0. The number of nitro benzene ring substituents is 1. The third kappa shape index (κ3) is 1.54. The van der Waals surface area contributed by atoms with Gasteiger partial charge in [-0.25, -0.2) is 0 Å². The Bertz CT molecular complexity index is 929. The van der Waals surface area contributed by atoms with Gasteiger partial charge in [-0.3, -0.25) is 10.1 Å². The zero-order chi connectivity index (χ0) is 15.6. The van der Waals surface area contributed by atoms with Crippen LogP contribution in [-0.2, 0) is 0 Å². The molecule has 0 saturated carbocycles. The summed E-state index contributed by atoms with van der Waals surface area (Å²) in [5.74, 6) is 0.283. The van der Waals surface area contributed by atoms with E-state index in [1.54, 1.807) is 12.1 Å². The van der Waals surface area contributed by atoms with Crippen LogP contribution < -0.4 is 0 Å². The fraction of sp³-hybridized carbons (Fsp3) is 0.100. The van der Waals surface area contributed by atoms with Crippen LogP contribution in [0.1, 0.15) is 45.2 Å². The van der Waals surface area contributed by atoms with E-state index >= 15 is 0 Å². The maximum Gasteiger partial charge on any atom is 0.269 e. The first-order valence-corrected chi connectivity index (χ1v) is 7.71. The van der Waals surface area contributed by atoms with Gasteiger partial charge in [0.1, 0.15) is 0 Å². The van der Waals surface area contributed by atoms with Crippen molar-refractivity contribution < 1.29 is 4.92 Å². The summed E-state index contributed by atoms with van der Waals surface area (Å²) in [5, 5.41) is 11.2. The lowest BCUT2D eigenvalue weighted by molar-refractivity contribution is -0.384. The molecule has 0 fully saturated rings. The van der Waals surface area contributed by atoms with Crippen molar-refractivity contribution in [3.63, 3.8) is 0 Å². The predicted molar refractivity (Wildman–Crippen MR) is 87.9 cm³/mol. The van der Waals surface area contributed by atoms with Crippen LogP contribution in [0.4, 0.5) is 5.69 Å². The maximum absolute atomic E-state index is 11.2. The van der Waals surface area contributed by atoms with Crippen LogP contribution in [-0.4, -0.2) is 4.92 Å². The molecule has 0 atom stereocenters. The van der Waals surface area contributed by atoms with E-state index in [1.807, 2.05) is 6.07 Å². The van der Waals surface area contributed by atoms with Gasteiger partial charge in [0, 0.05) is 24.0 Å². The van der Waals surface area contributed by atoms with Crippen LogP contribution in [0, 0.1) is 10.1 Å². The van der Waals surface area contributed by atoms with Crippen molar-refractivity contribution in [2.24, 2.45) is 0 Å². The highest BCUT2D eigenvalue weighted by atomic mass is 16.6. The average molecular weight is 299 g/mol. The number of benzene rings is 3. The molecular formula is C20H13NO2. The maximum atomic E-state index is 11.2. The fourth-order valence-electron chi connectivity index (χ4n) is 4.27. The molecule has 6 rings (SSSR count). The van der Waals surface area contributed by atoms with Gasteiger partial charge in [-0.2, -0.15) is 0 Å². The molecule has 0 radical (unpaired) electrons. The summed E-state index contributed by atoms with van der Waals surface area (Å²) >= 11 is 0. The van der Waals surface area contributed by atoms with Gasteiger partial charge in [0.05, 0.1) is 4.92 Å². The predicted octanol–water partition coefficient (Wildman–Crippen LogP) is 4.58. The lowest BCUT2D eigenvalue weighted by Gasteiger charge is -2.41. The first-order chi connectivity index (χ1) is 11.3. The highest BCUT2D eigenvalue weighted by Crippen LogP contribution is 2.55. The molecule has 3 aliphatic rings. The summed E-state index contributed by atoms with van der Waals surface area (Å²) in [4.78, 5) is 10.9. The smallest absolute Gasteiger partial charge is 0.258 e. The third-order valence-electron chi connectivity index (χ3n) is 5.14. The van der Waals surface area contributed by atoms with Crippen molar-refractivity contribution in [1.29, 1.82) is 0 Å². The molecule has 2 bridgehead atoms. The van der Waals surface area contributed by atoms with Crippen LogP contribution in [0.2, 0.25) is 0 Å². The Labute approximate surface area is 133 Å². The number of hydrogen-bond acceptors (Lipinski definition) is 2. The molecule has 3 nitrogen and oxygen atoms in total. The van der Waals surface area contributed by atoms with Crippen LogP contribution in [0.25, 0.3) is 0 Å². The van der Waals surface area contributed by atoms with Gasteiger partial charge in [-0.05, 0) is 33.4 Å².